The molecule has 4 fully saturated rings. The molecule has 130 valence electrons. The molecular formula is C20H33NO2. The zero-order valence-electron chi connectivity index (χ0n) is 15.0. The van der Waals surface area contributed by atoms with E-state index in [4.69, 9.17) is 0 Å². The molecule has 23 heavy (non-hydrogen) atoms. The highest BCUT2D eigenvalue weighted by molar-refractivity contribution is 5.79. The average Bonchev–Trinajstić information content (AvgIpc) is 2.77. The Bertz CT molecular complexity index is 506. The zero-order valence-corrected chi connectivity index (χ0v) is 15.0. The van der Waals surface area contributed by atoms with Gasteiger partial charge in [-0.2, -0.15) is 0 Å². The lowest BCUT2D eigenvalue weighted by molar-refractivity contribution is -0.138. The van der Waals surface area contributed by atoms with E-state index in [1.165, 1.54) is 25.7 Å². The minimum atomic E-state index is -0.188. The first-order chi connectivity index (χ1) is 10.9. The molecule has 2 N–H and O–H groups in total. The van der Waals surface area contributed by atoms with E-state index >= 15 is 0 Å². The van der Waals surface area contributed by atoms with Gasteiger partial charge in [-0.3, -0.25) is 4.79 Å². The molecule has 0 bridgehead atoms. The highest BCUT2D eigenvalue weighted by Crippen LogP contribution is 2.65. The van der Waals surface area contributed by atoms with Crippen molar-refractivity contribution in [2.75, 3.05) is 7.05 Å². The number of Topliss-reactive ketones (excluding diaryl/α,β-unsaturated/α-hetero) is 1. The number of aliphatic hydroxyl groups excluding tert-OH is 1. The number of likely N-dealkylation sites (N-methyl/N-ethyl adjacent to an activating group) is 1. The fourth-order valence-electron chi connectivity index (χ4n) is 7.58. The van der Waals surface area contributed by atoms with Gasteiger partial charge in [0.2, 0.25) is 0 Å². The Morgan fingerprint density at radius 2 is 1.87 bits per heavy atom. The summed E-state index contributed by atoms with van der Waals surface area (Å²) in [4.78, 5) is 11.9. The van der Waals surface area contributed by atoms with Gasteiger partial charge in [0.15, 0.2) is 0 Å². The van der Waals surface area contributed by atoms with Crippen LogP contribution < -0.4 is 5.32 Å². The van der Waals surface area contributed by atoms with Crippen LogP contribution in [0.2, 0.25) is 0 Å². The Morgan fingerprint density at radius 1 is 1.09 bits per heavy atom. The summed E-state index contributed by atoms with van der Waals surface area (Å²) in [6, 6.07) is 0.256. The van der Waals surface area contributed by atoms with Crippen molar-refractivity contribution >= 4 is 5.78 Å². The molecule has 0 aromatic rings. The molecule has 0 aromatic heterocycles. The second kappa shape index (κ2) is 5.29. The molecule has 0 heterocycles. The first-order valence-electron chi connectivity index (χ1n) is 9.77. The lowest BCUT2D eigenvalue weighted by atomic mass is 9.45. The maximum atomic E-state index is 11.9. The number of carbonyl (C=O) groups excluding carboxylic acids is 1. The molecule has 4 rings (SSSR count). The minimum Gasteiger partial charge on any atom is -0.391 e. The molecule has 0 amide bonds. The highest BCUT2D eigenvalue weighted by Gasteiger charge is 2.61. The van der Waals surface area contributed by atoms with Crippen molar-refractivity contribution in [1.82, 2.24) is 5.32 Å². The van der Waals surface area contributed by atoms with E-state index in [9.17, 15) is 9.90 Å². The summed E-state index contributed by atoms with van der Waals surface area (Å²) in [7, 11) is 2.01. The van der Waals surface area contributed by atoms with E-state index in [1.54, 1.807) is 0 Å². The van der Waals surface area contributed by atoms with Gasteiger partial charge in [-0.25, -0.2) is 0 Å². The van der Waals surface area contributed by atoms with Gasteiger partial charge < -0.3 is 10.4 Å². The van der Waals surface area contributed by atoms with Crippen LogP contribution in [0.15, 0.2) is 0 Å². The van der Waals surface area contributed by atoms with E-state index in [0.29, 0.717) is 23.0 Å². The number of ketones is 1. The average molecular weight is 319 g/mol. The van der Waals surface area contributed by atoms with E-state index in [2.05, 4.69) is 19.2 Å². The number of hydrogen-bond acceptors (Lipinski definition) is 3. The molecule has 0 unspecified atom stereocenters. The SMILES string of the molecule is CN[C@H]1[C@H](O)C[C@H]2[C@@H]3CC[C@H]4CC(=O)CC[C@]4(C)[C@H]3CC[C@@]21C. The predicted molar refractivity (Wildman–Crippen MR) is 91.0 cm³/mol. The van der Waals surface area contributed by atoms with Gasteiger partial charge in [-0.05, 0) is 80.1 Å². The molecule has 4 saturated carbocycles. The summed E-state index contributed by atoms with van der Waals surface area (Å²) >= 11 is 0. The van der Waals surface area contributed by atoms with Gasteiger partial charge in [0.1, 0.15) is 5.78 Å². The Hall–Kier alpha value is -0.410. The number of aliphatic hydroxyl groups is 1. The van der Waals surface area contributed by atoms with Crippen LogP contribution in [0.3, 0.4) is 0 Å². The maximum absolute atomic E-state index is 11.9. The first kappa shape index (κ1) is 16.1. The van der Waals surface area contributed by atoms with Gasteiger partial charge in [-0.1, -0.05) is 13.8 Å². The fourth-order valence-corrected chi connectivity index (χ4v) is 7.58. The highest BCUT2D eigenvalue weighted by atomic mass is 16.3. The summed E-state index contributed by atoms with van der Waals surface area (Å²) in [5, 5.41) is 14.0. The molecular weight excluding hydrogens is 286 g/mol. The first-order valence-corrected chi connectivity index (χ1v) is 9.77. The predicted octanol–water partition coefficient (Wildman–Crippen LogP) is 3.16. The number of rotatable bonds is 1. The van der Waals surface area contributed by atoms with E-state index in [0.717, 1.165) is 37.5 Å². The lowest BCUT2D eigenvalue weighted by Gasteiger charge is -2.60. The molecule has 0 spiro atoms. The van der Waals surface area contributed by atoms with Crippen LogP contribution >= 0.6 is 0 Å². The Kier molecular flexibility index (Phi) is 3.70. The van der Waals surface area contributed by atoms with E-state index < -0.39 is 0 Å². The van der Waals surface area contributed by atoms with Crippen molar-refractivity contribution < 1.29 is 9.90 Å². The van der Waals surface area contributed by atoms with Crippen molar-refractivity contribution in [2.24, 2.45) is 34.5 Å². The van der Waals surface area contributed by atoms with E-state index in [-0.39, 0.29) is 17.6 Å². The third kappa shape index (κ3) is 2.12. The maximum Gasteiger partial charge on any atom is 0.133 e. The molecule has 0 saturated heterocycles. The third-order valence-corrected chi connectivity index (χ3v) is 8.82. The van der Waals surface area contributed by atoms with Gasteiger partial charge in [-0.15, -0.1) is 0 Å². The standard InChI is InChI=1S/C20H33NO2/c1-19-8-6-13(22)10-12(19)4-5-14-15(19)7-9-20(2)16(14)11-17(23)18(20)21-3/h12,14-18,21,23H,4-11H2,1-3H3/t12-,14+,15-,16-,17+,18-,19-,20-/m0/s1. The molecule has 3 nitrogen and oxygen atoms in total. The van der Waals surface area contributed by atoms with Gasteiger partial charge in [0.05, 0.1) is 6.10 Å². The Morgan fingerprint density at radius 3 is 2.61 bits per heavy atom. The molecule has 4 aliphatic rings. The second-order valence-electron chi connectivity index (χ2n) is 9.51. The second-order valence-corrected chi connectivity index (χ2v) is 9.51. The largest absolute Gasteiger partial charge is 0.391 e. The summed E-state index contributed by atoms with van der Waals surface area (Å²) in [6.07, 6.45) is 8.58. The van der Waals surface area contributed by atoms with Crippen LogP contribution in [-0.2, 0) is 4.79 Å². The van der Waals surface area contributed by atoms with Crippen LogP contribution in [0.25, 0.3) is 0 Å². The molecule has 0 radical (unpaired) electrons. The van der Waals surface area contributed by atoms with Gasteiger partial charge >= 0.3 is 0 Å². The molecule has 0 aromatic carbocycles. The molecule has 4 aliphatic carbocycles. The third-order valence-electron chi connectivity index (χ3n) is 8.82. The topological polar surface area (TPSA) is 49.3 Å². The molecule has 0 aliphatic heterocycles. The van der Waals surface area contributed by atoms with Crippen LogP contribution in [0, 0.1) is 34.5 Å². The Balaban J connectivity index is 1.63. The normalized spacial score (nSPS) is 55.9. The van der Waals surface area contributed by atoms with Crippen LogP contribution in [0.5, 0.6) is 0 Å². The van der Waals surface area contributed by atoms with Gasteiger partial charge in [0, 0.05) is 18.9 Å². The van der Waals surface area contributed by atoms with Crippen LogP contribution in [0.4, 0.5) is 0 Å². The summed E-state index contributed by atoms with van der Waals surface area (Å²) in [5.41, 5.74) is 0.629. The minimum absolute atomic E-state index is 0.188. The number of nitrogens with one attached hydrogen (secondary N) is 1. The van der Waals surface area contributed by atoms with Crippen LogP contribution in [0.1, 0.15) is 65.2 Å². The van der Waals surface area contributed by atoms with Crippen molar-refractivity contribution in [1.29, 1.82) is 0 Å². The quantitative estimate of drug-likeness (QED) is 0.780. The smallest absolute Gasteiger partial charge is 0.133 e. The Labute approximate surface area is 140 Å². The lowest BCUT2D eigenvalue weighted by Crippen LogP contribution is -2.55. The van der Waals surface area contributed by atoms with Crippen molar-refractivity contribution in [3.8, 4) is 0 Å². The van der Waals surface area contributed by atoms with Crippen molar-refractivity contribution in [2.45, 2.75) is 77.4 Å². The number of carbonyl (C=O) groups is 1. The van der Waals surface area contributed by atoms with Gasteiger partial charge in [0.25, 0.3) is 0 Å². The van der Waals surface area contributed by atoms with Crippen LogP contribution in [-0.4, -0.2) is 30.1 Å². The number of hydrogen-bond donors (Lipinski definition) is 2. The fraction of sp³-hybridized carbons (Fsp3) is 0.950. The van der Waals surface area contributed by atoms with Crippen molar-refractivity contribution in [3.05, 3.63) is 0 Å². The van der Waals surface area contributed by atoms with Crippen molar-refractivity contribution in [3.63, 3.8) is 0 Å². The molecule has 8 atom stereocenters. The summed E-state index contributed by atoms with van der Waals surface area (Å²) in [5.74, 6) is 3.31. The monoisotopic (exact) mass is 319 g/mol. The molecule has 3 heteroatoms. The number of fused-ring (bicyclic) bond motifs is 5. The van der Waals surface area contributed by atoms with E-state index in [1.807, 2.05) is 7.05 Å². The summed E-state index contributed by atoms with van der Waals surface area (Å²) < 4.78 is 0. The summed E-state index contributed by atoms with van der Waals surface area (Å²) in [6.45, 7) is 4.91. The zero-order chi connectivity index (χ0) is 16.4.